The van der Waals surface area contributed by atoms with Crippen molar-refractivity contribution in [3.63, 3.8) is 0 Å². The van der Waals surface area contributed by atoms with Crippen LogP contribution in [0.3, 0.4) is 0 Å². The van der Waals surface area contributed by atoms with Gasteiger partial charge in [-0.3, -0.25) is 9.59 Å². The first-order chi connectivity index (χ1) is 18.4. The summed E-state index contributed by atoms with van der Waals surface area (Å²) in [7, 11) is 0. The molecule has 200 valence electrons. The van der Waals surface area contributed by atoms with Gasteiger partial charge < -0.3 is 10.2 Å². The number of nitrogens with one attached hydrogen (secondary N) is 1. The molecule has 0 radical (unpaired) electrons. The molecule has 1 aliphatic rings. The van der Waals surface area contributed by atoms with E-state index in [4.69, 9.17) is 11.6 Å². The summed E-state index contributed by atoms with van der Waals surface area (Å²) in [4.78, 5) is 29.3. The minimum atomic E-state index is -0.622. The molecule has 1 atom stereocenters. The molecule has 1 unspecified atom stereocenters. The van der Waals surface area contributed by atoms with Crippen LogP contribution in [0.25, 0.3) is 0 Å². The molecule has 6 heteroatoms. The van der Waals surface area contributed by atoms with Crippen molar-refractivity contribution >= 4 is 35.2 Å². The molecule has 1 saturated carbocycles. The molecule has 1 fully saturated rings. The van der Waals surface area contributed by atoms with Crippen LogP contribution in [0, 0.1) is 13.8 Å². The van der Waals surface area contributed by atoms with Crippen LogP contribution in [0.1, 0.15) is 53.5 Å². The lowest BCUT2D eigenvalue weighted by atomic mass is 10.0. The normalized spacial score (nSPS) is 14.3. The van der Waals surface area contributed by atoms with Crippen LogP contribution in [0.4, 0.5) is 0 Å². The van der Waals surface area contributed by atoms with Gasteiger partial charge in [0.25, 0.3) is 0 Å². The van der Waals surface area contributed by atoms with Gasteiger partial charge in [-0.2, -0.15) is 0 Å². The van der Waals surface area contributed by atoms with Gasteiger partial charge >= 0.3 is 0 Å². The molecule has 1 N–H and O–H groups in total. The summed E-state index contributed by atoms with van der Waals surface area (Å²) < 4.78 is 0. The summed E-state index contributed by atoms with van der Waals surface area (Å²) in [6.07, 6.45) is 4.71. The van der Waals surface area contributed by atoms with Gasteiger partial charge in [0, 0.05) is 29.8 Å². The van der Waals surface area contributed by atoms with Gasteiger partial charge in [0.2, 0.25) is 11.8 Å². The van der Waals surface area contributed by atoms with Gasteiger partial charge in [-0.05, 0) is 49.4 Å². The molecule has 4 nitrogen and oxygen atoms in total. The van der Waals surface area contributed by atoms with E-state index in [0.717, 1.165) is 42.6 Å². The quantitative estimate of drug-likeness (QED) is 0.284. The predicted molar refractivity (Wildman–Crippen MR) is 158 cm³/mol. The fraction of sp³-hybridized carbons (Fsp3) is 0.375. The SMILES string of the molecule is Cc1cc(C)cc(CSCC(=O)N(Cc2ccccc2Cl)C(Cc2ccccc2)C(=O)NC2CCCC2)c1. The van der Waals surface area contributed by atoms with Crippen LogP contribution in [0.15, 0.2) is 72.8 Å². The second-order valence-corrected chi connectivity index (χ2v) is 11.7. The second kappa shape index (κ2) is 13.9. The maximum absolute atomic E-state index is 13.8. The van der Waals surface area contributed by atoms with E-state index in [2.05, 4.69) is 37.4 Å². The van der Waals surface area contributed by atoms with Gasteiger partial charge in [-0.1, -0.05) is 102 Å². The number of aryl methyl sites for hydroxylation is 2. The summed E-state index contributed by atoms with van der Waals surface area (Å²) in [6.45, 7) is 4.47. The van der Waals surface area contributed by atoms with Crippen molar-refractivity contribution in [1.82, 2.24) is 10.2 Å². The molecule has 38 heavy (non-hydrogen) atoms. The number of nitrogens with zero attached hydrogens (tertiary/aromatic N) is 1. The Labute approximate surface area is 236 Å². The Morgan fingerprint density at radius 2 is 1.61 bits per heavy atom. The average molecular weight is 549 g/mol. The standard InChI is InChI=1S/C32H37ClN2O2S/c1-23-16-24(2)18-26(17-23)21-38-22-31(36)35(20-27-12-6-9-15-29(27)33)30(19-25-10-4-3-5-11-25)32(37)34-28-13-7-8-14-28/h3-6,9-12,15-18,28,30H,7-8,13-14,19-22H2,1-2H3,(H,34,37). The minimum Gasteiger partial charge on any atom is -0.352 e. The van der Waals surface area contributed by atoms with Crippen LogP contribution in [0.2, 0.25) is 5.02 Å². The monoisotopic (exact) mass is 548 g/mol. The third kappa shape index (κ3) is 8.12. The number of benzene rings is 3. The maximum Gasteiger partial charge on any atom is 0.243 e. The summed E-state index contributed by atoms with van der Waals surface area (Å²) >= 11 is 8.11. The summed E-state index contributed by atoms with van der Waals surface area (Å²) in [5.41, 5.74) is 5.52. The highest BCUT2D eigenvalue weighted by Gasteiger charge is 2.32. The highest BCUT2D eigenvalue weighted by Crippen LogP contribution is 2.24. The van der Waals surface area contributed by atoms with Gasteiger partial charge in [-0.25, -0.2) is 0 Å². The van der Waals surface area contributed by atoms with Gasteiger partial charge in [0.05, 0.1) is 5.75 Å². The summed E-state index contributed by atoms with van der Waals surface area (Å²) in [5, 5.41) is 3.86. The van der Waals surface area contributed by atoms with Crippen molar-refractivity contribution < 1.29 is 9.59 Å². The predicted octanol–water partition coefficient (Wildman–Crippen LogP) is 6.89. The van der Waals surface area contributed by atoms with E-state index in [9.17, 15) is 9.59 Å². The summed E-state index contributed by atoms with van der Waals surface area (Å²) in [6, 6.07) is 23.6. The third-order valence-corrected chi connectivity index (χ3v) is 8.40. The van der Waals surface area contributed by atoms with Gasteiger partial charge in [-0.15, -0.1) is 11.8 Å². The first-order valence-electron chi connectivity index (χ1n) is 13.4. The fourth-order valence-electron chi connectivity index (χ4n) is 5.22. The zero-order valence-electron chi connectivity index (χ0n) is 22.3. The highest BCUT2D eigenvalue weighted by molar-refractivity contribution is 7.99. The number of halogens is 1. The molecular formula is C32H37ClN2O2S. The number of hydrogen-bond acceptors (Lipinski definition) is 3. The molecule has 3 aromatic carbocycles. The van der Waals surface area contributed by atoms with Gasteiger partial charge in [0.1, 0.15) is 6.04 Å². The number of carbonyl (C=O) groups is 2. The molecular weight excluding hydrogens is 512 g/mol. The topological polar surface area (TPSA) is 49.4 Å². The Hall–Kier alpha value is -2.76. The molecule has 0 saturated heterocycles. The molecule has 0 heterocycles. The van der Waals surface area contributed by atoms with E-state index in [-0.39, 0.29) is 24.4 Å². The highest BCUT2D eigenvalue weighted by atomic mass is 35.5. The van der Waals surface area contributed by atoms with E-state index in [1.165, 1.54) is 16.7 Å². The Balaban J connectivity index is 1.57. The molecule has 0 spiro atoms. The van der Waals surface area contributed by atoms with E-state index >= 15 is 0 Å². The van der Waals surface area contributed by atoms with E-state index in [1.54, 1.807) is 16.7 Å². The average Bonchev–Trinajstić information content (AvgIpc) is 3.40. The number of rotatable bonds is 11. The van der Waals surface area contributed by atoms with Crippen LogP contribution >= 0.6 is 23.4 Å². The van der Waals surface area contributed by atoms with E-state index in [0.29, 0.717) is 17.2 Å². The summed E-state index contributed by atoms with van der Waals surface area (Å²) in [5.74, 6) is 0.896. The number of carbonyl (C=O) groups excluding carboxylic acids is 2. The van der Waals surface area contributed by atoms with E-state index in [1.807, 2.05) is 54.6 Å². The molecule has 2 amide bonds. The largest absolute Gasteiger partial charge is 0.352 e. The number of thioether (sulfide) groups is 1. The zero-order valence-corrected chi connectivity index (χ0v) is 23.9. The molecule has 4 rings (SSSR count). The van der Waals surface area contributed by atoms with Crippen LogP contribution in [0.5, 0.6) is 0 Å². The molecule has 0 aromatic heterocycles. The van der Waals surface area contributed by atoms with Crippen molar-refractivity contribution in [2.24, 2.45) is 0 Å². The van der Waals surface area contributed by atoms with Crippen molar-refractivity contribution in [3.8, 4) is 0 Å². The molecule has 0 bridgehead atoms. The maximum atomic E-state index is 13.8. The lowest BCUT2D eigenvalue weighted by Crippen LogP contribution is -2.52. The first-order valence-corrected chi connectivity index (χ1v) is 14.9. The molecule has 0 aliphatic heterocycles. The number of amides is 2. The zero-order chi connectivity index (χ0) is 26.9. The van der Waals surface area contributed by atoms with Crippen LogP contribution in [-0.4, -0.2) is 34.6 Å². The Bertz CT molecular complexity index is 1210. The second-order valence-electron chi connectivity index (χ2n) is 10.3. The Kier molecular flexibility index (Phi) is 10.3. The smallest absolute Gasteiger partial charge is 0.243 e. The van der Waals surface area contributed by atoms with Gasteiger partial charge in [0.15, 0.2) is 0 Å². The van der Waals surface area contributed by atoms with Crippen LogP contribution in [-0.2, 0) is 28.3 Å². The van der Waals surface area contributed by atoms with Crippen molar-refractivity contribution in [2.45, 2.75) is 70.3 Å². The minimum absolute atomic E-state index is 0.0539. The lowest BCUT2D eigenvalue weighted by Gasteiger charge is -2.32. The Morgan fingerprint density at radius 1 is 0.947 bits per heavy atom. The third-order valence-electron chi connectivity index (χ3n) is 7.05. The van der Waals surface area contributed by atoms with Crippen molar-refractivity contribution in [2.75, 3.05) is 5.75 Å². The lowest BCUT2D eigenvalue weighted by molar-refractivity contribution is -0.139. The fourth-order valence-corrected chi connectivity index (χ4v) is 6.26. The number of hydrogen-bond donors (Lipinski definition) is 1. The van der Waals surface area contributed by atoms with Crippen molar-refractivity contribution in [1.29, 1.82) is 0 Å². The van der Waals surface area contributed by atoms with E-state index < -0.39 is 6.04 Å². The Morgan fingerprint density at radius 3 is 2.29 bits per heavy atom. The van der Waals surface area contributed by atoms with Crippen molar-refractivity contribution in [3.05, 3.63) is 106 Å². The van der Waals surface area contributed by atoms with Crippen LogP contribution < -0.4 is 5.32 Å². The molecule has 3 aromatic rings. The molecule has 1 aliphatic carbocycles. The first kappa shape index (κ1) is 28.3.